The van der Waals surface area contributed by atoms with E-state index in [1.807, 2.05) is 25.1 Å². The molecule has 0 radical (unpaired) electrons. The second-order valence-corrected chi connectivity index (χ2v) is 6.11. The van der Waals surface area contributed by atoms with Gasteiger partial charge in [0.1, 0.15) is 0 Å². The number of nitrogens with zero attached hydrogens (tertiary/aromatic N) is 2. The molecule has 0 aliphatic carbocycles. The standard InChI is InChI=1S/C16H19BrN4S/c1-4-18-16(22)20-19-10-13-9-11(2)21(12(13)3)15-8-6-5-7-14(15)17/h5-10H,4H2,1-3H3,(H2,18,20,22). The van der Waals surface area contributed by atoms with E-state index in [2.05, 4.69) is 62.3 Å². The van der Waals surface area contributed by atoms with Crippen LogP contribution in [0.2, 0.25) is 0 Å². The van der Waals surface area contributed by atoms with E-state index in [0.717, 1.165) is 33.7 Å². The third-order valence-corrected chi connectivity index (χ3v) is 4.18. The van der Waals surface area contributed by atoms with Crippen LogP contribution in [0.4, 0.5) is 0 Å². The third-order valence-electron chi connectivity index (χ3n) is 3.27. The lowest BCUT2D eigenvalue weighted by molar-refractivity contribution is 0.903. The highest BCUT2D eigenvalue weighted by Gasteiger charge is 2.11. The van der Waals surface area contributed by atoms with E-state index in [4.69, 9.17) is 12.2 Å². The van der Waals surface area contributed by atoms with Crippen LogP contribution in [0, 0.1) is 13.8 Å². The first-order valence-electron chi connectivity index (χ1n) is 7.05. The molecule has 0 atom stereocenters. The van der Waals surface area contributed by atoms with Crippen LogP contribution in [-0.4, -0.2) is 22.4 Å². The molecule has 6 heteroatoms. The Morgan fingerprint density at radius 2 is 2.09 bits per heavy atom. The van der Waals surface area contributed by atoms with E-state index >= 15 is 0 Å². The molecule has 4 nitrogen and oxygen atoms in total. The molecule has 116 valence electrons. The van der Waals surface area contributed by atoms with Gasteiger partial charge in [-0.2, -0.15) is 5.10 Å². The number of aryl methyl sites for hydroxylation is 1. The molecule has 1 aromatic heterocycles. The van der Waals surface area contributed by atoms with Crippen LogP contribution in [0.5, 0.6) is 0 Å². The molecule has 0 fully saturated rings. The zero-order chi connectivity index (χ0) is 16.1. The minimum Gasteiger partial charge on any atom is -0.362 e. The molecule has 0 saturated heterocycles. The van der Waals surface area contributed by atoms with Gasteiger partial charge in [-0.1, -0.05) is 12.1 Å². The number of hydrogen-bond acceptors (Lipinski definition) is 2. The molecule has 2 rings (SSSR count). The van der Waals surface area contributed by atoms with Crippen LogP contribution in [0.3, 0.4) is 0 Å². The Balaban J connectivity index is 2.26. The number of hydrazone groups is 1. The van der Waals surface area contributed by atoms with Crippen molar-refractivity contribution in [3.05, 3.63) is 51.8 Å². The van der Waals surface area contributed by atoms with Crippen LogP contribution in [-0.2, 0) is 0 Å². The van der Waals surface area contributed by atoms with Crippen molar-refractivity contribution >= 4 is 39.5 Å². The number of rotatable bonds is 4. The van der Waals surface area contributed by atoms with Crippen molar-refractivity contribution < 1.29 is 0 Å². The average Bonchev–Trinajstić information content (AvgIpc) is 2.75. The van der Waals surface area contributed by atoms with Crippen LogP contribution >= 0.6 is 28.1 Å². The number of hydrogen-bond donors (Lipinski definition) is 2. The van der Waals surface area contributed by atoms with Crippen molar-refractivity contribution in [1.29, 1.82) is 0 Å². The van der Waals surface area contributed by atoms with Crippen molar-refractivity contribution in [1.82, 2.24) is 15.3 Å². The number of thiocarbonyl (C=S) groups is 1. The first kappa shape index (κ1) is 16.7. The summed E-state index contributed by atoms with van der Waals surface area (Å²) in [6.45, 7) is 6.93. The Morgan fingerprint density at radius 3 is 2.77 bits per heavy atom. The molecular formula is C16H19BrN4S. The highest BCUT2D eigenvalue weighted by molar-refractivity contribution is 9.10. The quantitative estimate of drug-likeness (QED) is 0.484. The SMILES string of the molecule is CCNC(=S)NN=Cc1cc(C)n(-c2ccccc2Br)c1C. The fourth-order valence-corrected chi connectivity index (χ4v) is 2.94. The van der Waals surface area contributed by atoms with Gasteiger partial charge in [-0.25, -0.2) is 0 Å². The minimum atomic E-state index is 0.526. The van der Waals surface area contributed by atoms with Crippen LogP contribution < -0.4 is 10.7 Å². The summed E-state index contributed by atoms with van der Waals surface area (Å²) >= 11 is 8.69. The van der Waals surface area contributed by atoms with Gasteiger partial charge in [0.25, 0.3) is 0 Å². The summed E-state index contributed by atoms with van der Waals surface area (Å²) in [7, 11) is 0. The Hall–Kier alpha value is -1.66. The zero-order valence-electron chi connectivity index (χ0n) is 12.9. The smallest absolute Gasteiger partial charge is 0.186 e. The monoisotopic (exact) mass is 378 g/mol. The van der Waals surface area contributed by atoms with Gasteiger partial charge in [0.05, 0.1) is 11.9 Å². The second kappa shape index (κ2) is 7.56. The van der Waals surface area contributed by atoms with Gasteiger partial charge >= 0.3 is 0 Å². The van der Waals surface area contributed by atoms with Crippen LogP contribution in [0.25, 0.3) is 5.69 Å². The maximum Gasteiger partial charge on any atom is 0.186 e. The van der Waals surface area contributed by atoms with E-state index in [9.17, 15) is 0 Å². The number of nitrogens with one attached hydrogen (secondary N) is 2. The number of aromatic nitrogens is 1. The number of benzene rings is 1. The van der Waals surface area contributed by atoms with Crippen molar-refractivity contribution in [3.8, 4) is 5.69 Å². The summed E-state index contributed by atoms with van der Waals surface area (Å²) in [6, 6.07) is 10.3. The molecule has 0 aliphatic rings. The van der Waals surface area contributed by atoms with Gasteiger partial charge in [0.2, 0.25) is 0 Å². The minimum absolute atomic E-state index is 0.526. The maximum absolute atomic E-state index is 5.08. The topological polar surface area (TPSA) is 41.4 Å². The molecule has 1 heterocycles. The lowest BCUT2D eigenvalue weighted by atomic mass is 10.2. The van der Waals surface area contributed by atoms with E-state index in [-0.39, 0.29) is 0 Å². The Labute approximate surface area is 144 Å². The Bertz CT molecular complexity index is 706. The molecule has 0 aliphatic heterocycles. The predicted molar refractivity (Wildman–Crippen MR) is 99.9 cm³/mol. The largest absolute Gasteiger partial charge is 0.362 e. The van der Waals surface area contributed by atoms with Gasteiger partial charge in [-0.3, -0.25) is 5.43 Å². The molecule has 0 saturated carbocycles. The lowest BCUT2D eigenvalue weighted by Crippen LogP contribution is -2.31. The Kier molecular flexibility index (Phi) is 5.74. The predicted octanol–water partition coefficient (Wildman–Crippen LogP) is 3.67. The second-order valence-electron chi connectivity index (χ2n) is 4.84. The average molecular weight is 379 g/mol. The fraction of sp³-hybridized carbons (Fsp3) is 0.250. The van der Waals surface area contributed by atoms with Gasteiger partial charge in [-0.05, 0) is 67.1 Å². The summed E-state index contributed by atoms with van der Waals surface area (Å²) in [4.78, 5) is 0. The van der Waals surface area contributed by atoms with Gasteiger partial charge < -0.3 is 9.88 Å². The summed E-state index contributed by atoms with van der Waals surface area (Å²) in [5.41, 5.74) is 7.27. The van der Waals surface area contributed by atoms with E-state index < -0.39 is 0 Å². The summed E-state index contributed by atoms with van der Waals surface area (Å²) in [5, 5.41) is 7.71. The summed E-state index contributed by atoms with van der Waals surface area (Å²) < 4.78 is 3.26. The van der Waals surface area contributed by atoms with Crippen molar-refractivity contribution in [3.63, 3.8) is 0 Å². The molecule has 0 amide bonds. The lowest BCUT2D eigenvalue weighted by Gasteiger charge is -2.11. The first-order chi connectivity index (χ1) is 10.5. The maximum atomic E-state index is 5.08. The normalized spacial score (nSPS) is 10.9. The first-order valence-corrected chi connectivity index (χ1v) is 8.25. The van der Waals surface area contributed by atoms with Crippen molar-refractivity contribution in [2.24, 2.45) is 5.10 Å². The molecule has 2 N–H and O–H groups in total. The Morgan fingerprint density at radius 1 is 1.36 bits per heavy atom. The number of halogens is 1. The fourth-order valence-electron chi connectivity index (χ4n) is 2.28. The van der Waals surface area contributed by atoms with Crippen LogP contribution in [0.15, 0.2) is 39.9 Å². The van der Waals surface area contributed by atoms with Crippen molar-refractivity contribution in [2.75, 3.05) is 6.54 Å². The van der Waals surface area contributed by atoms with Gasteiger partial charge in [0, 0.05) is 28.0 Å². The van der Waals surface area contributed by atoms with Crippen molar-refractivity contribution in [2.45, 2.75) is 20.8 Å². The molecule has 0 spiro atoms. The zero-order valence-corrected chi connectivity index (χ0v) is 15.3. The molecule has 0 unspecified atom stereocenters. The molecule has 2 aromatic rings. The van der Waals surface area contributed by atoms with E-state index in [1.165, 1.54) is 0 Å². The third kappa shape index (κ3) is 3.75. The molecule has 22 heavy (non-hydrogen) atoms. The van der Waals surface area contributed by atoms with Crippen LogP contribution in [0.1, 0.15) is 23.9 Å². The van der Waals surface area contributed by atoms with Gasteiger partial charge in [-0.15, -0.1) is 0 Å². The van der Waals surface area contributed by atoms with Gasteiger partial charge in [0.15, 0.2) is 5.11 Å². The van der Waals surface area contributed by atoms with E-state index in [0.29, 0.717) is 5.11 Å². The van der Waals surface area contributed by atoms with E-state index in [1.54, 1.807) is 6.21 Å². The summed E-state index contributed by atoms with van der Waals surface area (Å²) in [6.07, 6.45) is 1.79. The summed E-state index contributed by atoms with van der Waals surface area (Å²) in [5.74, 6) is 0. The number of para-hydroxylation sites is 1. The molecule has 0 bridgehead atoms. The highest BCUT2D eigenvalue weighted by Crippen LogP contribution is 2.25. The molecule has 1 aromatic carbocycles. The highest BCUT2D eigenvalue weighted by atomic mass is 79.9. The molecular weight excluding hydrogens is 360 g/mol.